The zero-order valence-electron chi connectivity index (χ0n) is 13.1. The van der Waals surface area contributed by atoms with Crippen LogP contribution in [0.1, 0.15) is 39.4 Å². The van der Waals surface area contributed by atoms with E-state index in [9.17, 15) is 4.79 Å². The van der Waals surface area contributed by atoms with E-state index in [-0.39, 0.29) is 16.6 Å². The highest BCUT2D eigenvalue weighted by Crippen LogP contribution is 2.65. The van der Waals surface area contributed by atoms with Crippen LogP contribution < -0.4 is 0 Å². The number of hydrogen-bond donors (Lipinski definition) is 0. The van der Waals surface area contributed by atoms with E-state index in [0.717, 1.165) is 29.4 Å². The maximum Gasteiger partial charge on any atom is 0.175 e. The Hall–Kier alpha value is -2.10. The molecule has 4 nitrogen and oxygen atoms in total. The molecule has 1 aromatic heterocycles. The number of aromatic nitrogens is 3. The maximum absolute atomic E-state index is 12.8. The zero-order chi connectivity index (χ0) is 15.5. The summed E-state index contributed by atoms with van der Waals surface area (Å²) < 4.78 is 0. The highest BCUT2D eigenvalue weighted by Gasteiger charge is 2.63. The topological polar surface area (TPSA) is 55.7 Å². The van der Waals surface area contributed by atoms with Crippen LogP contribution in [0.15, 0.2) is 29.8 Å². The number of ketones is 1. The molecular formula is C18H19N3O. The molecule has 0 N–H and O–H groups in total. The van der Waals surface area contributed by atoms with E-state index in [1.165, 1.54) is 0 Å². The molecule has 2 saturated carbocycles. The molecule has 2 fully saturated rings. The van der Waals surface area contributed by atoms with Gasteiger partial charge in [-0.2, -0.15) is 0 Å². The average Bonchev–Trinajstić information content (AvgIpc) is 2.81. The minimum absolute atomic E-state index is 0.0141. The van der Waals surface area contributed by atoms with E-state index in [1.54, 1.807) is 0 Å². The van der Waals surface area contributed by atoms with Gasteiger partial charge in [-0.15, -0.1) is 10.2 Å². The van der Waals surface area contributed by atoms with Crippen molar-refractivity contribution < 1.29 is 4.79 Å². The molecule has 112 valence electrons. The van der Waals surface area contributed by atoms with Crippen molar-refractivity contribution in [2.24, 2.45) is 16.7 Å². The Balaban J connectivity index is 1.81. The Morgan fingerprint density at radius 2 is 1.86 bits per heavy atom. The van der Waals surface area contributed by atoms with Gasteiger partial charge >= 0.3 is 0 Å². The van der Waals surface area contributed by atoms with Gasteiger partial charge in [0.15, 0.2) is 11.6 Å². The van der Waals surface area contributed by atoms with Gasteiger partial charge < -0.3 is 0 Å². The Morgan fingerprint density at radius 3 is 2.55 bits per heavy atom. The van der Waals surface area contributed by atoms with Gasteiger partial charge in [-0.05, 0) is 42.4 Å². The molecule has 0 spiro atoms. The van der Waals surface area contributed by atoms with E-state index >= 15 is 0 Å². The number of carbonyl (C=O) groups excluding carboxylic acids is 1. The third-order valence-electron chi connectivity index (χ3n) is 6.03. The number of hydrogen-bond acceptors (Lipinski definition) is 4. The Morgan fingerprint density at radius 1 is 1.14 bits per heavy atom. The molecule has 2 aromatic rings. The second-order valence-electron chi connectivity index (χ2n) is 7.23. The molecule has 2 aliphatic carbocycles. The number of allylic oxidation sites excluding steroid dienone is 1. The monoisotopic (exact) mass is 293 g/mol. The van der Waals surface area contributed by atoms with Gasteiger partial charge in [-0.3, -0.25) is 4.79 Å². The van der Waals surface area contributed by atoms with Crippen molar-refractivity contribution >= 4 is 22.9 Å². The predicted octanol–water partition coefficient (Wildman–Crippen LogP) is 3.43. The largest absolute Gasteiger partial charge is 0.294 e. The summed E-state index contributed by atoms with van der Waals surface area (Å²) >= 11 is 0. The third kappa shape index (κ3) is 1.58. The van der Waals surface area contributed by atoms with Crippen molar-refractivity contribution in [1.29, 1.82) is 0 Å². The van der Waals surface area contributed by atoms with Gasteiger partial charge in [-0.1, -0.05) is 32.9 Å². The lowest BCUT2D eigenvalue weighted by Gasteiger charge is -2.31. The molecular weight excluding hydrogens is 274 g/mol. The molecule has 2 bridgehead atoms. The molecule has 0 amide bonds. The first-order chi connectivity index (χ1) is 10.4. The summed E-state index contributed by atoms with van der Waals surface area (Å²) in [6.07, 6.45) is 3.92. The summed E-state index contributed by atoms with van der Waals surface area (Å²) in [6, 6.07) is 7.65. The number of benzene rings is 1. The van der Waals surface area contributed by atoms with Crippen molar-refractivity contribution in [3.05, 3.63) is 35.7 Å². The first kappa shape index (κ1) is 13.6. The SMILES string of the molecule is CC1(C)[C@@H]2CC[C@@]1(C)C(=O)C2=Cc1nnc2ccccc2n1. The average molecular weight is 293 g/mol. The van der Waals surface area contributed by atoms with Crippen LogP contribution in [-0.4, -0.2) is 21.0 Å². The van der Waals surface area contributed by atoms with Crippen molar-refractivity contribution in [3.63, 3.8) is 0 Å². The number of fused-ring (bicyclic) bond motifs is 3. The molecule has 1 aromatic carbocycles. The van der Waals surface area contributed by atoms with Crippen molar-refractivity contribution in [3.8, 4) is 0 Å². The van der Waals surface area contributed by atoms with Gasteiger partial charge in [0, 0.05) is 11.0 Å². The fourth-order valence-electron chi connectivity index (χ4n) is 4.19. The zero-order valence-corrected chi connectivity index (χ0v) is 13.1. The first-order valence-corrected chi connectivity index (χ1v) is 7.79. The Kier molecular flexibility index (Phi) is 2.60. The molecule has 22 heavy (non-hydrogen) atoms. The number of nitrogens with zero attached hydrogens (tertiary/aromatic N) is 3. The predicted molar refractivity (Wildman–Crippen MR) is 84.9 cm³/mol. The second kappa shape index (κ2) is 4.22. The molecule has 0 radical (unpaired) electrons. The quantitative estimate of drug-likeness (QED) is 0.756. The van der Waals surface area contributed by atoms with Crippen molar-refractivity contribution in [2.45, 2.75) is 33.6 Å². The van der Waals surface area contributed by atoms with Crippen molar-refractivity contribution in [2.75, 3.05) is 0 Å². The summed E-state index contributed by atoms with van der Waals surface area (Å²) in [4.78, 5) is 17.4. The molecule has 1 heterocycles. The smallest absolute Gasteiger partial charge is 0.175 e. The number of carbonyl (C=O) groups is 1. The fourth-order valence-corrected chi connectivity index (χ4v) is 4.19. The summed E-state index contributed by atoms with van der Waals surface area (Å²) in [5.74, 6) is 1.11. The number of para-hydroxylation sites is 1. The lowest BCUT2D eigenvalue weighted by molar-refractivity contribution is -0.125. The van der Waals surface area contributed by atoms with E-state index < -0.39 is 0 Å². The van der Waals surface area contributed by atoms with Gasteiger partial charge in [0.05, 0.1) is 5.52 Å². The molecule has 4 rings (SSSR count). The fraction of sp³-hybridized carbons (Fsp3) is 0.444. The third-order valence-corrected chi connectivity index (χ3v) is 6.03. The lowest BCUT2D eigenvalue weighted by atomic mass is 9.70. The number of rotatable bonds is 1. The lowest BCUT2D eigenvalue weighted by Crippen LogP contribution is -2.32. The highest BCUT2D eigenvalue weighted by molar-refractivity contribution is 6.07. The molecule has 0 unspecified atom stereocenters. The molecule has 0 saturated heterocycles. The van der Waals surface area contributed by atoms with Crippen LogP contribution in [0.3, 0.4) is 0 Å². The van der Waals surface area contributed by atoms with E-state index in [1.807, 2.05) is 30.3 Å². The van der Waals surface area contributed by atoms with E-state index in [2.05, 4.69) is 36.0 Å². The second-order valence-corrected chi connectivity index (χ2v) is 7.23. The van der Waals surface area contributed by atoms with Crippen LogP contribution in [-0.2, 0) is 4.79 Å². The summed E-state index contributed by atoms with van der Waals surface area (Å²) in [6.45, 7) is 6.53. The minimum Gasteiger partial charge on any atom is -0.294 e. The Labute approximate surface area is 129 Å². The van der Waals surface area contributed by atoms with Crippen LogP contribution >= 0.6 is 0 Å². The molecule has 4 heteroatoms. The summed E-state index contributed by atoms with van der Waals surface area (Å²) in [5.41, 5.74) is 2.24. The van der Waals surface area contributed by atoms with E-state index in [0.29, 0.717) is 11.7 Å². The van der Waals surface area contributed by atoms with Gasteiger partial charge in [0.25, 0.3) is 0 Å². The van der Waals surface area contributed by atoms with Crippen LogP contribution in [0, 0.1) is 16.7 Å². The molecule has 2 atom stereocenters. The van der Waals surface area contributed by atoms with Crippen LogP contribution in [0.2, 0.25) is 0 Å². The van der Waals surface area contributed by atoms with Gasteiger partial charge in [-0.25, -0.2) is 4.98 Å². The maximum atomic E-state index is 12.8. The standard InChI is InChI=1S/C18H19N3O/c1-17(2)12-8-9-18(17,3)16(22)11(12)10-15-19-13-6-4-5-7-14(13)20-21-15/h4-7,10,12H,8-9H2,1-3H3/t12-,18+/m1/s1. The molecule has 2 aliphatic rings. The van der Waals surface area contributed by atoms with Crippen LogP contribution in [0.25, 0.3) is 17.1 Å². The van der Waals surface area contributed by atoms with Crippen LogP contribution in [0.4, 0.5) is 0 Å². The normalized spacial score (nSPS) is 31.3. The van der Waals surface area contributed by atoms with Gasteiger partial charge in [0.2, 0.25) is 0 Å². The van der Waals surface area contributed by atoms with Crippen LogP contribution in [0.5, 0.6) is 0 Å². The summed E-state index contributed by atoms with van der Waals surface area (Å²) in [5, 5.41) is 8.36. The molecule has 0 aliphatic heterocycles. The highest BCUT2D eigenvalue weighted by atomic mass is 16.1. The van der Waals surface area contributed by atoms with Crippen molar-refractivity contribution in [1.82, 2.24) is 15.2 Å². The summed E-state index contributed by atoms with van der Waals surface area (Å²) in [7, 11) is 0. The Bertz CT molecular complexity index is 824. The first-order valence-electron chi connectivity index (χ1n) is 7.79. The van der Waals surface area contributed by atoms with E-state index in [4.69, 9.17) is 0 Å². The van der Waals surface area contributed by atoms with Gasteiger partial charge in [0.1, 0.15) is 5.52 Å². The minimum atomic E-state index is -0.242. The number of Topliss-reactive ketones (excluding diaryl/α,β-unsaturated/α-hetero) is 1.